The summed E-state index contributed by atoms with van der Waals surface area (Å²) in [5.41, 5.74) is -0.0316. The Bertz CT molecular complexity index is 385. The lowest BCUT2D eigenvalue weighted by Crippen LogP contribution is -2.02. The molecule has 0 unspecified atom stereocenters. The minimum atomic E-state index is -2.72. The van der Waals surface area contributed by atoms with Crippen LogP contribution in [0.2, 0.25) is 0 Å². The van der Waals surface area contributed by atoms with Crippen molar-refractivity contribution in [2.45, 2.75) is 20.0 Å². The lowest BCUT2D eigenvalue weighted by atomic mass is 10.0. The van der Waals surface area contributed by atoms with E-state index in [0.29, 0.717) is 5.69 Å². The number of halogens is 2. The van der Waals surface area contributed by atoms with Gasteiger partial charge in [0, 0.05) is 17.3 Å². The first-order chi connectivity index (χ1) is 6.61. The topological polar surface area (TPSA) is 56.9 Å². The summed E-state index contributed by atoms with van der Waals surface area (Å²) >= 11 is 0. The highest BCUT2D eigenvalue weighted by Crippen LogP contribution is 2.25. The van der Waals surface area contributed by atoms with Gasteiger partial charge in [-0.25, -0.2) is 8.78 Å². The molecular weight excluding hydrogens is 190 g/mol. The number of aromatic nitrogens is 1. The van der Waals surface area contributed by atoms with Crippen molar-refractivity contribution < 1.29 is 13.9 Å². The molecule has 1 aromatic heterocycles. The first kappa shape index (κ1) is 10.5. The molecule has 0 aromatic carbocycles. The Morgan fingerprint density at radius 1 is 1.64 bits per heavy atom. The monoisotopic (exact) mass is 198 g/mol. The van der Waals surface area contributed by atoms with Gasteiger partial charge in [0.2, 0.25) is 0 Å². The number of hydrogen-bond acceptors (Lipinski definition) is 3. The molecule has 0 spiro atoms. The van der Waals surface area contributed by atoms with E-state index in [1.54, 1.807) is 6.07 Å². The Hall–Kier alpha value is -1.54. The third-order valence-corrected chi connectivity index (χ3v) is 1.91. The van der Waals surface area contributed by atoms with Gasteiger partial charge in [-0.3, -0.25) is 4.98 Å². The van der Waals surface area contributed by atoms with Crippen molar-refractivity contribution in [3.63, 3.8) is 0 Å². The summed E-state index contributed by atoms with van der Waals surface area (Å²) in [6, 6.07) is 1.75. The maximum Gasteiger partial charge on any atom is 0.265 e. The summed E-state index contributed by atoms with van der Waals surface area (Å²) < 4.78 is 24.8. The van der Waals surface area contributed by atoms with Gasteiger partial charge in [-0.05, 0) is 6.92 Å². The van der Waals surface area contributed by atoms with Crippen LogP contribution in [0.4, 0.5) is 8.78 Å². The number of alkyl halides is 2. The molecule has 1 heterocycles. The molecule has 0 aliphatic carbocycles. The van der Waals surface area contributed by atoms with E-state index in [-0.39, 0.29) is 16.7 Å². The van der Waals surface area contributed by atoms with Crippen LogP contribution in [0.3, 0.4) is 0 Å². The summed E-state index contributed by atoms with van der Waals surface area (Å²) in [5.74, 6) is 0. The molecule has 1 aromatic rings. The van der Waals surface area contributed by atoms with Crippen LogP contribution in [0.25, 0.3) is 0 Å². The molecule has 0 bridgehead atoms. The molecular formula is C9H8F2N2O. The summed E-state index contributed by atoms with van der Waals surface area (Å²) in [4.78, 5) is 3.67. The number of aliphatic hydroxyl groups excluding tert-OH is 1. The van der Waals surface area contributed by atoms with Crippen molar-refractivity contribution in [2.75, 3.05) is 0 Å². The van der Waals surface area contributed by atoms with Crippen molar-refractivity contribution in [2.24, 2.45) is 0 Å². The van der Waals surface area contributed by atoms with Crippen LogP contribution in [0.15, 0.2) is 6.20 Å². The molecule has 3 nitrogen and oxygen atoms in total. The van der Waals surface area contributed by atoms with Crippen molar-refractivity contribution in [3.05, 3.63) is 28.6 Å². The number of nitrogens with zero attached hydrogens (tertiary/aromatic N) is 2. The number of hydrogen-bond donors (Lipinski definition) is 1. The van der Waals surface area contributed by atoms with Gasteiger partial charge in [-0.1, -0.05) is 0 Å². The van der Waals surface area contributed by atoms with Crippen molar-refractivity contribution in [3.8, 4) is 6.07 Å². The molecule has 1 rings (SSSR count). The smallest absolute Gasteiger partial charge is 0.265 e. The number of aliphatic hydroxyl groups is 1. The standard InChI is InChI=1S/C9H8F2N2O/c1-5-6(2-12)8(4-14)7(3-13-5)9(10)11/h3,9,14H,4H2,1H3. The van der Waals surface area contributed by atoms with E-state index in [9.17, 15) is 8.78 Å². The number of nitriles is 1. The van der Waals surface area contributed by atoms with Crippen molar-refractivity contribution >= 4 is 0 Å². The third-order valence-electron chi connectivity index (χ3n) is 1.91. The van der Waals surface area contributed by atoms with E-state index < -0.39 is 13.0 Å². The predicted octanol–water partition coefficient (Wildman–Crippen LogP) is 1.69. The zero-order valence-corrected chi connectivity index (χ0v) is 7.46. The molecule has 0 atom stereocenters. The second-order valence-corrected chi connectivity index (χ2v) is 2.72. The first-order valence-corrected chi connectivity index (χ1v) is 3.89. The highest BCUT2D eigenvalue weighted by molar-refractivity contribution is 5.44. The van der Waals surface area contributed by atoms with Gasteiger partial charge in [-0.2, -0.15) is 5.26 Å². The summed E-state index contributed by atoms with van der Waals surface area (Å²) in [6.45, 7) is 0.957. The van der Waals surface area contributed by atoms with E-state index in [1.807, 2.05) is 0 Å². The van der Waals surface area contributed by atoms with E-state index in [2.05, 4.69) is 4.98 Å². The quantitative estimate of drug-likeness (QED) is 0.786. The fourth-order valence-corrected chi connectivity index (χ4v) is 1.18. The van der Waals surface area contributed by atoms with Gasteiger partial charge in [-0.15, -0.1) is 0 Å². The fourth-order valence-electron chi connectivity index (χ4n) is 1.18. The molecule has 0 aliphatic rings. The van der Waals surface area contributed by atoms with E-state index in [0.717, 1.165) is 6.20 Å². The molecule has 14 heavy (non-hydrogen) atoms. The normalized spacial score (nSPS) is 10.3. The highest BCUT2D eigenvalue weighted by Gasteiger charge is 2.17. The van der Waals surface area contributed by atoms with Crippen LogP contribution in [-0.2, 0) is 6.61 Å². The first-order valence-electron chi connectivity index (χ1n) is 3.89. The van der Waals surface area contributed by atoms with Crippen LogP contribution < -0.4 is 0 Å². The van der Waals surface area contributed by atoms with Gasteiger partial charge >= 0.3 is 0 Å². The summed E-state index contributed by atoms with van der Waals surface area (Å²) in [6.07, 6.45) is -1.73. The minimum Gasteiger partial charge on any atom is -0.392 e. The predicted molar refractivity (Wildman–Crippen MR) is 44.6 cm³/mol. The van der Waals surface area contributed by atoms with Crippen LogP contribution in [0.1, 0.15) is 28.8 Å². The molecule has 0 fully saturated rings. The van der Waals surface area contributed by atoms with Gasteiger partial charge < -0.3 is 5.11 Å². The number of aryl methyl sites for hydroxylation is 1. The third kappa shape index (κ3) is 1.70. The van der Waals surface area contributed by atoms with Gasteiger partial charge in [0.05, 0.1) is 17.9 Å². The molecule has 0 saturated carbocycles. The maximum absolute atomic E-state index is 12.4. The molecule has 0 radical (unpaired) electrons. The molecule has 74 valence electrons. The molecule has 0 aliphatic heterocycles. The average molecular weight is 198 g/mol. The second-order valence-electron chi connectivity index (χ2n) is 2.72. The second kappa shape index (κ2) is 4.11. The average Bonchev–Trinajstić information content (AvgIpc) is 2.16. The van der Waals surface area contributed by atoms with Crippen LogP contribution >= 0.6 is 0 Å². The largest absolute Gasteiger partial charge is 0.392 e. The Morgan fingerprint density at radius 2 is 2.29 bits per heavy atom. The van der Waals surface area contributed by atoms with Gasteiger partial charge in [0.25, 0.3) is 6.43 Å². The Morgan fingerprint density at radius 3 is 2.71 bits per heavy atom. The Balaban J connectivity index is 3.42. The summed E-state index contributed by atoms with van der Waals surface area (Å²) in [7, 11) is 0. The van der Waals surface area contributed by atoms with E-state index in [4.69, 9.17) is 10.4 Å². The number of pyridine rings is 1. The number of rotatable bonds is 2. The van der Waals surface area contributed by atoms with E-state index >= 15 is 0 Å². The Labute approximate surface area is 79.6 Å². The van der Waals surface area contributed by atoms with Gasteiger partial charge in [0.1, 0.15) is 6.07 Å². The Kier molecular flexibility index (Phi) is 3.10. The maximum atomic E-state index is 12.4. The zero-order chi connectivity index (χ0) is 10.7. The zero-order valence-electron chi connectivity index (χ0n) is 7.46. The van der Waals surface area contributed by atoms with Gasteiger partial charge in [0.15, 0.2) is 0 Å². The SMILES string of the molecule is Cc1ncc(C(F)F)c(CO)c1C#N. The molecule has 1 N–H and O–H groups in total. The fraction of sp³-hybridized carbons (Fsp3) is 0.333. The van der Waals surface area contributed by atoms with Crippen LogP contribution in [0.5, 0.6) is 0 Å². The molecule has 5 heteroatoms. The van der Waals surface area contributed by atoms with Crippen LogP contribution in [0, 0.1) is 18.3 Å². The highest BCUT2D eigenvalue weighted by atomic mass is 19.3. The molecule has 0 saturated heterocycles. The van der Waals surface area contributed by atoms with Crippen molar-refractivity contribution in [1.82, 2.24) is 4.98 Å². The van der Waals surface area contributed by atoms with Crippen LogP contribution in [-0.4, -0.2) is 10.1 Å². The van der Waals surface area contributed by atoms with E-state index in [1.165, 1.54) is 6.92 Å². The minimum absolute atomic E-state index is 0.0324. The lowest BCUT2D eigenvalue weighted by molar-refractivity contribution is 0.146. The summed E-state index contributed by atoms with van der Waals surface area (Å²) in [5, 5.41) is 17.6. The lowest BCUT2D eigenvalue weighted by Gasteiger charge is -2.09. The van der Waals surface area contributed by atoms with Crippen molar-refractivity contribution in [1.29, 1.82) is 5.26 Å². The molecule has 0 amide bonds.